The van der Waals surface area contributed by atoms with Gasteiger partial charge in [-0.15, -0.1) is 0 Å². The molecule has 3 aromatic carbocycles. The molecule has 0 aliphatic rings. The fraction of sp³-hybridized carbons (Fsp3) is 0.214. The maximum absolute atomic E-state index is 13.3. The van der Waals surface area contributed by atoms with Crippen molar-refractivity contribution in [2.75, 3.05) is 19.5 Å². The molecule has 0 heterocycles. The van der Waals surface area contributed by atoms with Crippen LogP contribution >= 0.6 is 0 Å². The van der Waals surface area contributed by atoms with Crippen molar-refractivity contribution in [2.24, 2.45) is 0 Å². The van der Waals surface area contributed by atoms with Crippen molar-refractivity contribution in [1.29, 1.82) is 0 Å². The van der Waals surface area contributed by atoms with E-state index in [1.165, 1.54) is 50.6 Å². The molecule has 0 aliphatic heterocycles. The van der Waals surface area contributed by atoms with Gasteiger partial charge in [0.25, 0.3) is 5.91 Å². The number of esters is 2. The third kappa shape index (κ3) is 6.88. The van der Waals surface area contributed by atoms with E-state index in [-0.39, 0.29) is 11.1 Å². The van der Waals surface area contributed by atoms with E-state index in [1.807, 2.05) is 13.0 Å². The number of ether oxygens (including phenoxy) is 4. The number of benzene rings is 3. The van der Waals surface area contributed by atoms with Gasteiger partial charge in [-0.3, -0.25) is 4.79 Å². The summed E-state index contributed by atoms with van der Waals surface area (Å²) in [5, 5.41) is 12.5. The Labute approximate surface area is 219 Å². The van der Waals surface area contributed by atoms with Crippen LogP contribution in [0.3, 0.4) is 0 Å². The van der Waals surface area contributed by atoms with Crippen LogP contribution in [0.25, 0.3) is 0 Å². The number of aryl methyl sites for hydroxylation is 2. The molecule has 198 valence electrons. The Morgan fingerprint density at radius 1 is 0.737 bits per heavy atom. The number of hydrogen-bond acceptors (Lipinski definition) is 8. The summed E-state index contributed by atoms with van der Waals surface area (Å²) in [7, 11) is 2.80. The fourth-order valence-electron chi connectivity index (χ4n) is 3.52. The Kier molecular flexibility index (Phi) is 9.04. The lowest BCUT2D eigenvalue weighted by atomic mass is 10.1. The molecule has 2 atom stereocenters. The van der Waals surface area contributed by atoms with Gasteiger partial charge >= 0.3 is 17.9 Å². The number of carboxylic acid groups (broad SMARTS) is 1. The summed E-state index contributed by atoms with van der Waals surface area (Å²) < 4.78 is 20.7. The molecule has 0 unspecified atom stereocenters. The van der Waals surface area contributed by atoms with Crippen molar-refractivity contribution in [3.63, 3.8) is 0 Å². The van der Waals surface area contributed by atoms with Crippen LogP contribution in [-0.4, -0.2) is 55.3 Å². The number of methoxy groups -OCH3 is 2. The highest BCUT2D eigenvalue weighted by atomic mass is 16.6. The summed E-state index contributed by atoms with van der Waals surface area (Å²) in [5.41, 5.74) is 1.97. The zero-order chi connectivity index (χ0) is 27.8. The average Bonchev–Trinajstić information content (AvgIpc) is 2.91. The minimum atomic E-state index is -2.17. The van der Waals surface area contributed by atoms with Crippen LogP contribution in [0.1, 0.15) is 31.8 Å². The molecule has 0 saturated carbocycles. The lowest BCUT2D eigenvalue weighted by molar-refractivity contribution is -0.157. The van der Waals surface area contributed by atoms with Gasteiger partial charge in [-0.2, -0.15) is 0 Å². The van der Waals surface area contributed by atoms with Gasteiger partial charge in [-0.05, 0) is 61.9 Å². The first-order chi connectivity index (χ1) is 18.1. The Balaban J connectivity index is 1.95. The molecular formula is C28H27NO9. The summed E-state index contributed by atoms with van der Waals surface area (Å²) >= 11 is 0. The lowest BCUT2D eigenvalue weighted by Crippen LogP contribution is -2.48. The minimum Gasteiger partial charge on any atom is -0.497 e. The minimum absolute atomic E-state index is 0.00284. The number of anilines is 1. The van der Waals surface area contributed by atoms with E-state index in [2.05, 4.69) is 5.32 Å². The molecular weight excluding hydrogens is 494 g/mol. The second kappa shape index (κ2) is 12.4. The van der Waals surface area contributed by atoms with Crippen molar-refractivity contribution in [3.8, 4) is 11.5 Å². The molecule has 0 spiro atoms. The average molecular weight is 522 g/mol. The van der Waals surface area contributed by atoms with E-state index in [1.54, 1.807) is 31.2 Å². The van der Waals surface area contributed by atoms with Gasteiger partial charge in [0.2, 0.25) is 12.2 Å². The first-order valence-electron chi connectivity index (χ1n) is 11.4. The molecule has 0 saturated heterocycles. The molecule has 0 radical (unpaired) electrons. The number of carbonyl (C=O) groups excluding carboxylic acids is 3. The molecule has 10 nitrogen and oxygen atoms in total. The Morgan fingerprint density at radius 3 is 1.74 bits per heavy atom. The monoisotopic (exact) mass is 521 g/mol. The van der Waals surface area contributed by atoms with E-state index < -0.39 is 36.0 Å². The molecule has 3 rings (SSSR count). The van der Waals surface area contributed by atoms with E-state index in [0.29, 0.717) is 22.7 Å². The van der Waals surface area contributed by atoms with E-state index in [4.69, 9.17) is 18.9 Å². The van der Waals surface area contributed by atoms with Gasteiger partial charge in [-0.25, -0.2) is 14.4 Å². The van der Waals surface area contributed by atoms with Gasteiger partial charge in [-0.1, -0.05) is 29.8 Å². The summed E-state index contributed by atoms with van der Waals surface area (Å²) in [6, 6.07) is 16.9. The Hall–Kier alpha value is -4.86. The third-order valence-electron chi connectivity index (χ3n) is 5.50. The predicted octanol–water partition coefficient (Wildman–Crippen LogP) is 3.79. The van der Waals surface area contributed by atoms with Gasteiger partial charge in [0, 0.05) is 5.69 Å². The summed E-state index contributed by atoms with van der Waals surface area (Å²) in [6.07, 6.45) is -4.21. The van der Waals surface area contributed by atoms with Crippen LogP contribution in [-0.2, 0) is 19.1 Å². The maximum Gasteiger partial charge on any atom is 0.349 e. The second-order valence-corrected chi connectivity index (χ2v) is 8.26. The highest BCUT2D eigenvalue weighted by Crippen LogP contribution is 2.21. The number of amides is 1. The SMILES string of the molecule is COc1cccc(C(=O)O[C@@H](C(=O)O)[C@@H](OC(=O)c2cccc(OC)c2)C(=O)Nc2ccc(C)cc2C)c1. The van der Waals surface area contributed by atoms with E-state index in [9.17, 15) is 24.3 Å². The molecule has 0 bridgehead atoms. The number of aliphatic carboxylic acids is 1. The predicted molar refractivity (Wildman–Crippen MR) is 137 cm³/mol. The normalized spacial score (nSPS) is 12.0. The topological polar surface area (TPSA) is 137 Å². The highest BCUT2D eigenvalue weighted by molar-refractivity contribution is 6.02. The van der Waals surface area contributed by atoms with Crippen molar-refractivity contribution >= 4 is 29.5 Å². The van der Waals surface area contributed by atoms with Crippen LogP contribution in [0.5, 0.6) is 11.5 Å². The number of carbonyl (C=O) groups is 4. The first-order valence-corrected chi connectivity index (χ1v) is 11.4. The van der Waals surface area contributed by atoms with Crippen LogP contribution in [0.2, 0.25) is 0 Å². The third-order valence-corrected chi connectivity index (χ3v) is 5.50. The summed E-state index contributed by atoms with van der Waals surface area (Å²) in [6.45, 7) is 3.62. The molecule has 3 aromatic rings. The van der Waals surface area contributed by atoms with Crippen LogP contribution < -0.4 is 14.8 Å². The molecule has 38 heavy (non-hydrogen) atoms. The van der Waals surface area contributed by atoms with Crippen LogP contribution in [0.4, 0.5) is 5.69 Å². The molecule has 2 N–H and O–H groups in total. The van der Waals surface area contributed by atoms with E-state index >= 15 is 0 Å². The van der Waals surface area contributed by atoms with Crippen molar-refractivity contribution < 1.29 is 43.2 Å². The highest BCUT2D eigenvalue weighted by Gasteiger charge is 2.41. The van der Waals surface area contributed by atoms with Gasteiger partial charge in [0.15, 0.2) is 0 Å². The van der Waals surface area contributed by atoms with Gasteiger partial charge in [0.1, 0.15) is 11.5 Å². The molecule has 10 heteroatoms. The Morgan fingerprint density at radius 2 is 1.26 bits per heavy atom. The molecule has 0 aliphatic carbocycles. The van der Waals surface area contributed by atoms with Crippen molar-refractivity contribution in [2.45, 2.75) is 26.1 Å². The van der Waals surface area contributed by atoms with Crippen LogP contribution in [0.15, 0.2) is 66.7 Å². The van der Waals surface area contributed by atoms with Crippen molar-refractivity contribution in [1.82, 2.24) is 0 Å². The smallest absolute Gasteiger partial charge is 0.349 e. The molecule has 1 amide bonds. The van der Waals surface area contributed by atoms with Gasteiger partial charge < -0.3 is 29.4 Å². The van der Waals surface area contributed by atoms with Crippen molar-refractivity contribution in [3.05, 3.63) is 89.0 Å². The largest absolute Gasteiger partial charge is 0.497 e. The zero-order valence-corrected chi connectivity index (χ0v) is 21.2. The standard InChI is InChI=1S/C28H27NO9/c1-16-11-12-22(17(2)13-16)29-25(30)23(37-27(33)18-7-5-9-20(14-18)35-3)24(26(31)32)38-28(34)19-8-6-10-21(15-19)36-4/h5-15,23-24H,1-4H3,(H,29,30)(H,31,32)/t23-,24-/m1/s1. The second-order valence-electron chi connectivity index (χ2n) is 8.26. The van der Waals surface area contributed by atoms with Gasteiger partial charge in [0.05, 0.1) is 25.3 Å². The maximum atomic E-state index is 13.3. The molecule has 0 fully saturated rings. The first kappa shape index (κ1) is 27.7. The lowest BCUT2D eigenvalue weighted by Gasteiger charge is -2.24. The quantitative estimate of drug-likeness (QED) is 0.382. The number of rotatable bonds is 10. The summed E-state index contributed by atoms with van der Waals surface area (Å²) in [5.74, 6) is -4.10. The Bertz CT molecular complexity index is 1350. The van der Waals surface area contributed by atoms with E-state index in [0.717, 1.165) is 5.56 Å². The zero-order valence-electron chi connectivity index (χ0n) is 21.2. The van der Waals surface area contributed by atoms with Crippen LogP contribution in [0, 0.1) is 13.8 Å². The summed E-state index contributed by atoms with van der Waals surface area (Å²) in [4.78, 5) is 51.3. The fourth-order valence-corrected chi connectivity index (χ4v) is 3.52. The number of hydrogen-bond donors (Lipinski definition) is 2. The molecule has 0 aromatic heterocycles. The number of carboxylic acids is 1. The number of nitrogens with one attached hydrogen (secondary N) is 1.